The second-order valence-corrected chi connectivity index (χ2v) is 6.66. The zero-order valence-corrected chi connectivity index (χ0v) is 19.6. The average Bonchev–Trinajstić information content (AvgIpc) is 2.62. The molecule has 2 aliphatic rings. The molecular weight excluding hydrogens is 446 g/mol. The van der Waals surface area contributed by atoms with Crippen molar-refractivity contribution in [1.82, 2.24) is 10.2 Å². The number of fused-ring (bicyclic) bond motifs is 1. The summed E-state index contributed by atoms with van der Waals surface area (Å²) in [5.41, 5.74) is 2.78. The van der Waals surface area contributed by atoms with Gasteiger partial charge in [0.05, 0.1) is 13.7 Å². The summed E-state index contributed by atoms with van der Waals surface area (Å²) in [6.07, 6.45) is 5.11. The molecule has 0 bridgehead atoms. The van der Waals surface area contributed by atoms with Gasteiger partial charge in [-0.1, -0.05) is 12.1 Å². The van der Waals surface area contributed by atoms with Gasteiger partial charge < -0.3 is 19.7 Å². The van der Waals surface area contributed by atoms with Gasteiger partial charge in [0.1, 0.15) is 5.75 Å². The Bertz CT molecular complexity index is 570. The summed E-state index contributed by atoms with van der Waals surface area (Å²) >= 11 is 0. The molecule has 1 saturated heterocycles. The SMILES string of the molecule is CCOC(=O)N1CCC(NC2CCc3cccc(OC)c3C2)CC1.Cl.Cl.Cl.Cl. The minimum absolute atomic E-state index is 0. The van der Waals surface area contributed by atoms with Gasteiger partial charge in [-0.05, 0) is 56.2 Å². The van der Waals surface area contributed by atoms with Crippen molar-refractivity contribution in [3.05, 3.63) is 29.3 Å². The number of aryl methyl sites for hydroxylation is 1. The smallest absolute Gasteiger partial charge is 0.409 e. The van der Waals surface area contributed by atoms with Crippen molar-refractivity contribution < 1.29 is 14.3 Å². The Morgan fingerprint density at radius 2 is 1.79 bits per heavy atom. The normalized spacial score (nSPS) is 18.2. The van der Waals surface area contributed by atoms with E-state index in [9.17, 15) is 4.79 Å². The highest BCUT2D eigenvalue weighted by Gasteiger charge is 2.27. The zero-order valence-electron chi connectivity index (χ0n) is 16.3. The second-order valence-electron chi connectivity index (χ2n) is 6.66. The van der Waals surface area contributed by atoms with Gasteiger partial charge in [0.15, 0.2) is 0 Å². The lowest BCUT2D eigenvalue weighted by Crippen LogP contribution is -2.49. The van der Waals surface area contributed by atoms with Crippen molar-refractivity contribution in [2.45, 2.75) is 51.1 Å². The Hall–Kier alpha value is -0.590. The molecule has 5 nitrogen and oxygen atoms in total. The van der Waals surface area contributed by atoms with E-state index in [-0.39, 0.29) is 55.7 Å². The maximum absolute atomic E-state index is 11.8. The number of amides is 1. The van der Waals surface area contributed by atoms with Gasteiger partial charge >= 0.3 is 6.09 Å². The number of benzene rings is 1. The number of halogens is 4. The predicted octanol–water partition coefficient (Wildman–Crippen LogP) is 4.45. The molecule has 9 heteroatoms. The third kappa shape index (κ3) is 7.34. The molecule has 164 valence electrons. The Morgan fingerprint density at radius 3 is 2.39 bits per heavy atom. The molecule has 28 heavy (non-hydrogen) atoms. The highest BCUT2D eigenvalue weighted by atomic mass is 35.5. The topological polar surface area (TPSA) is 50.8 Å². The molecule has 3 rings (SSSR count). The van der Waals surface area contributed by atoms with Crippen molar-refractivity contribution >= 4 is 55.7 Å². The summed E-state index contributed by atoms with van der Waals surface area (Å²) < 4.78 is 10.6. The molecular formula is C19H32Cl4N2O3. The number of methoxy groups -OCH3 is 1. The third-order valence-electron chi connectivity index (χ3n) is 5.16. The van der Waals surface area contributed by atoms with Crippen molar-refractivity contribution in [1.29, 1.82) is 0 Å². The van der Waals surface area contributed by atoms with E-state index in [0.29, 0.717) is 18.7 Å². The predicted molar refractivity (Wildman–Crippen MR) is 123 cm³/mol. The first-order chi connectivity index (χ1) is 11.7. The molecule has 1 heterocycles. The molecule has 0 spiro atoms. The molecule has 1 aromatic rings. The van der Waals surface area contributed by atoms with E-state index in [0.717, 1.165) is 50.9 Å². The Balaban J connectivity index is 0. The van der Waals surface area contributed by atoms with Gasteiger partial charge in [0.25, 0.3) is 0 Å². The van der Waals surface area contributed by atoms with Crippen LogP contribution in [0.3, 0.4) is 0 Å². The molecule has 1 unspecified atom stereocenters. The second kappa shape index (κ2) is 14.4. The molecule has 1 aliphatic carbocycles. The molecule has 1 aromatic carbocycles. The van der Waals surface area contributed by atoms with E-state index < -0.39 is 0 Å². The number of ether oxygens (including phenoxy) is 2. The third-order valence-corrected chi connectivity index (χ3v) is 5.16. The monoisotopic (exact) mass is 476 g/mol. The Kier molecular flexibility index (Phi) is 15.2. The average molecular weight is 478 g/mol. The quantitative estimate of drug-likeness (QED) is 0.695. The van der Waals surface area contributed by atoms with E-state index in [1.165, 1.54) is 11.1 Å². The van der Waals surface area contributed by atoms with E-state index in [1.807, 2.05) is 11.8 Å². The van der Waals surface area contributed by atoms with Crippen molar-refractivity contribution in [3.8, 4) is 5.75 Å². The van der Waals surface area contributed by atoms with Gasteiger partial charge in [-0.3, -0.25) is 0 Å². The standard InChI is InChI=1S/C19H28N2O3.4ClH/c1-3-24-19(22)21-11-9-15(10-12-21)20-16-8-7-14-5-4-6-18(23-2)17(14)13-16;;;;/h4-6,15-16,20H,3,7-13H2,1-2H3;4*1H. The lowest BCUT2D eigenvalue weighted by Gasteiger charge is -2.35. The lowest BCUT2D eigenvalue weighted by molar-refractivity contribution is 0.0940. The first-order valence-electron chi connectivity index (χ1n) is 9.03. The van der Waals surface area contributed by atoms with Crippen LogP contribution in [0.15, 0.2) is 18.2 Å². The van der Waals surface area contributed by atoms with Crippen LogP contribution in [-0.2, 0) is 17.6 Å². The number of carbonyl (C=O) groups excluding carboxylic acids is 1. The van der Waals surface area contributed by atoms with Crippen LogP contribution in [0.4, 0.5) is 4.79 Å². The summed E-state index contributed by atoms with van der Waals surface area (Å²) in [6.45, 7) is 3.86. The summed E-state index contributed by atoms with van der Waals surface area (Å²) in [6, 6.07) is 7.33. The number of hydrogen-bond acceptors (Lipinski definition) is 4. The summed E-state index contributed by atoms with van der Waals surface area (Å²) in [4.78, 5) is 13.6. The number of rotatable bonds is 4. The van der Waals surface area contributed by atoms with Gasteiger partial charge in [-0.2, -0.15) is 0 Å². The van der Waals surface area contributed by atoms with Crippen LogP contribution >= 0.6 is 49.6 Å². The van der Waals surface area contributed by atoms with E-state index in [2.05, 4.69) is 23.5 Å². The summed E-state index contributed by atoms with van der Waals surface area (Å²) in [5.74, 6) is 1.01. The summed E-state index contributed by atoms with van der Waals surface area (Å²) in [5, 5.41) is 3.81. The zero-order chi connectivity index (χ0) is 16.9. The van der Waals surface area contributed by atoms with Crippen molar-refractivity contribution in [2.24, 2.45) is 0 Å². The minimum atomic E-state index is -0.174. The number of nitrogens with zero attached hydrogens (tertiary/aromatic N) is 1. The van der Waals surface area contributed by atoms with Crippen molar-refractivity contribution in [3.63, 3.8) is 0 Å². The lowest BCUT2D eigenvalue weighted by atomic mass is 9.87. The van der Waals surface area contributed by atoms with Crippen LogP contribution < -0.4 is 10.1 Å². The first kappa shape index (κ1) is 29.6. The van der Waals surface area contributed by atoms with Gasteiger partial charge in [0.2, 0.25) is 0 Å². The molecule has 0 radical (unpaired) electrons. The molecule has 1 atom stereocenters. The van der Waals surface area contributed by atoms with Gasteiger partial charge in [0, 0.05) is 25.2 Å². The molecule has 1 N–H and O–H groups in total. The van der Waals surface area contributed by atoms with Crippen LogP contribution in [0.2, 0.25) is 0 Å². The van der Waals surface area contributed by atoms with E-state index in [1.54, 1.807) is 7.11 Å². The summed E-state index contributed by atoms with van der Waals surface area (Å²) in [7, 11) is 1.75. The molecule has 0 aromatic heterocycles. The molecule has 0 saturated carbocycles. The molecule has 1 amide bonds. The first-order valence-corrected chi connectivity index (χ1v) is 9.03. The fourth-order valence-electron chi connectivity index (χ4n) is 3.87. The van der Waals surface area contributed by atoms with Crippen LogP contribution in [0.1, 0.15) is 37.3 Å². The minimum Gasteiger partial charge on any atom is -0.496 e. The van der Waals surface area contributed by atoms with Crippen LogP contribution in [0, 0.1) is 0 Å². The number of carbonyl (C=O) groups is 1. The number of piperidine rings is 1. The fourth-order valence-corrected chi connectivity index (χ4v) is 3.87. The van der Waals surface area contributed by atoms with Crippen LogP contribution in [0.25, 0.3) is 0 Å². The number of nitrogens with one attached hydrogen (secondary N) is 1. The maximum atomic E-state index is 11.8. The highest BCUT2D eigenvalue weighted by molar-refractivity contribution is 5.86. The maximum Gasteiger partial charge on any atom is 0.409 e. The molecule has 1 fully saturated rings. The largest absolute Gasteiger partial charge is 0.496 e. The van der Waals surface area contributed by atoms with Gasteiger partial charge in [-0.25, -0.2) is 4.79 Å². The molecule has 1 aliphatic heterocycles. The Morgan fingerprint density at radius 1 is 1.11 bits per heavy atom. The highest BCUT2D eigenvalue weighted by Crippen LogP contribution is 2.30. The van der Waals surface area contributed by atoms with Crippen LogP contribution in [-0.4, -0.2) is 49.9 Å². The fraction of sp³-hybridized carbons (Fsp3) is 0.632. The Labute approximate surface area is 192 Å². The van der Waals surface area contributed by atoms with Gasteiger partial charge in [-0.15, -0.1) is 49.6 Å². The van der Waals surface area contributed by atoms with Crippen molar-refractivity contribution in [2.75, 3.05) is 26.8 Å². The van der Waals surface area contributed by atoms with E-state index in [4.69, 9.17) is 9.47 Å². The van der Waals surface area contributed by atoms with Crippen LogP contribution in [0.5, 0.6) is 5.75 Å². The number of hydrogen-bond donors (Lipinski definition) is 1. The number of likely N-dealkylation sites (tertiary alicyclic amines) is 1. The van der Waals surface area contributed by atoms with E-state index >= 15 is 0 Å².